The number of anilines is 1. The SMILES string of the molecule is N#Cc1cc(NS(=O)(=O)c2cc(C(=O)O)ccc2C2CC2)c(OC2CC3(CC3)C2)cc1Cl. The lowest BCUT2D eigenvalue weighted by molar-refractivity contribution is 0.0511. The molecular formula is C23H21ClN2O5S. The molecule has 3 saturated carbocycles. The molecule has 0 radical (unpaired) electrons. The van der Waals surface area contributed by atoms with Crippen molar-refractivity contribution in [1.29, 1.82) is 5.26 Å². The van der Waals surface area contributed by atoms with Crippen molar-refractivity contribution in [1.82, 2.24) is 0 Å². The lowest BCUT2D eigenvalue weighted by Gasteiger charge is -2.36. The summed E-state index contributed by atoms with van der Waals surface area (Å²) in [5, 5.41) is 18.9. The van der Waals surface area contributed by atoms with Gasteiger partial charge in [-0.1, -0.05) is 17.7 Å². The van der Waals surface area contributed by atoms with Gasteiger partial charge in [-0.15, -0.1) is 0 Å². The summed E-state index contributed by atoms with van der Waals surface area (Å²) in [5.41, 5.74) is 1.12. The van der Waals surface area contributed by atoms with Gasteiger partial charge in [0.2, 0.25) is 0 Å². The fourth-order valence-corrected chi connectivity index (χ4v) is 5.99. The van der Waals surface area contributed by atoms with Crippen molar-refractivity contribution < 1.29 is 23.1 Å². The van der Waals surface area contributed by atoms with Crippen LogP contribution in [0.25, 0.3) is 0 Å². The molecule has 0 saturated heterocycles. The number of carboxylic acids is 1. The Kier molecular flexibility index (Phi) is 4.88. The van der Waals surface area contributed by atoms with E-state index in [1.54, 1.807) is 6.07 Å². The molecule has 166 valence electrons. The van der Waals surface area contributed by atoms with Gasteiger partial charge in [0.25, 0.3) is 10.0 Å². The van der Waals surface area contributed by atoms with Crippen molar-refractivity contribution in [2.45, 2.75) is 55.4 Å². The number of nitriles is 1. The topological polar surface area (TPSA) is 116 Å². The van der Waals surface area contributed by atoms with Crippen LogP contribution in [0.5, 0.6) is 5.75 Å². The van der Waals surface area contributed by atoms with Gasteiger partial charge in [-0.2, -0.15) is 5.26 Å². The van der Waals surface area contributed by atoms with E-state index in [2.05, 4.69) is 4.72 Å². The molecule has 0 atom stereocenters. The Bertz CT molecular complexity index is 1270. The minimum absolute atomic E-state index is 0.0258. The number of sulfonamides is 1. The van der Waals surface area contributed by atoms with E-state index < -0.39 is 16.0 Å². The van der Waals surface area contributed by atoms with Gasteiger partial charge < -0.3 is 9.84 Å². The monoisotopic (exact) mass is 472 g/mol. The molecular weight excluding hydrogens is 452 g/mol. The van der Waals surface area contributed by atoms with E-state index in [1.165, 1.54) is 37.1 Å². The number of nitrogens with one attached hydrogen (secondary N) is 1. The molecule has 0 bridgehead atoms. The highest BCUT2D eigenvalue weighted by atomic mass is 35.5. The molecule has 32 heavy (non-hydrogen) atoms. The maximum absolute atomic E-state index is 13.4. The van der Waals surface area contributed by atoms with E-state index in [1.807, 2.05) is 6.07 Å². The van der Waals surface area contributed by atoms with Crippen molar-refractivity contribution in [3.8, 4) is 11.8 Å². The first kappa shape index (κ1) is 21.1. The van der Waals surface area contributed by atoms with Crippen molar-refractivity contribution in [3.63, 3.8) is 0 Å². The third-order valence-electron chi connectivity index (χ3n) is 6.57. The molecule has 0 unspecified atom stereocenters. The predicted molar refractivity (Wildman–Crippen MR) is 118 cm³/mol. The molecule has 2 N–H and O–H groups in total. The van der Waals surface area contributed by atoms with Crippen molar-refractivity contribution in [2.24, 2.45) is 5.41 Å². The van der Waals surface area contributed by atoms with Gasteiger partial charge in [0.05, 0.1) is 32.8 Å². The second-order valence-corrected chi connectivity index (χ2v) is 11.1. The number of benzene rings is 2. The second kappa shape index (κ2) is 7.39. The van der Waals surface area contributed by atoms with Crippen LogP contribution in [0.4, 0.5) is 5.69 Å². The molecule has 9 heteroatoms. The normalized spacial score (nSPS) is 19.1. The number of ether oxygens (including phenoxy) is 1. The van der Waals surface area contributed by atoms with Crippen LogP contribution < -0.4 is 9.46 Å². The lowest BCUT2D eigenvalue weighted by Crippen LogP contribution is -2.35. The van der Waals surface area contributed by atoms with E-state index in [0.717, 1.165) is 25.7 Å². The van der Waals surface area contributed by atoms with Crippen LogP contribution in [0.1, 0.15) is 65.9 Å². The van der Waals surface area contributed by atoms with Crippen LogP contribution in [-0.4, -0.2) is 25.6 Å². The Morgan fingerprint density at radius 1 is 1.22 bits per heavy atom. The zero-order valence-corrected chi connectivity index (χ0v) is 18.7. The number of carboxylic acid groups (broad SMARTS) is 1. The largest absolute Gasteiger partial charge is 0.488 e. The van der Waals surface area contributed by atoms with Gasteiger partial charge in [-0.25, -0.2) is 13.2 Å². The Hall–Kier alpha value is -2.76. The summed E-state index contributed by atoms with van der Waals surface area (Å²) < 4.78 is 35.3. The smallest absolute Gasteiger partial charge is 0.335 e. The number of nitrogens with zero attached hydrogens (tertiary/aromatic N) is 1. The summed E-state index contributed by atoms with van der Waals surface area (Å²) in [7, 11) is -4.15. The third kappa shape index (κ3) is 3.91. The van der Waals surface area contributed by atoms with Gasteiger partial charge in [0.1, 0.15) is 11.8 Å². The molecule has 0 heterocycles. The number of carbonyl (C=O) groups is 1. The number of halogens is 1. The van der Waals surface area contributed by atoms with Crippen LogP contribution in [0.15, 0.2) is 35.2 Å². The van der Waals surface area contributed by atoms with Crippen LogP contribution >= 0.6 is 11.6 Å². The van der Waals surface area contributed by atoms with Crippen LogP contribution in [0.3, 0.4) is 0 Å². The first-order chi connectivity index (χ1) is 15.2. The van der Waals surface area contributed by atoms with E-state index in [9.17, 15) is 23.6 Å². The molecule has 0 aliphatic heterocycles. The molecule has 0 amide bonds. The number of hydrogen-bond acceptors (Lipinski definition) is 5. The van der Waals surface area contributed by atoms with Crippen molar-refractivity contribution in [2.75, 3.05) is 4.72 Å². The quantitative estimate of drug-likeness (QED) is 0.591. The Balaban J connectivity index is 1.50. The summed E-state index contributed by atoms with van der Waals surface area (Å²) in [6.07, 6.45) is 5.92. The first-order valence-electron chi connectivity index (χ1n) is 10.5. The first-order valence-corrected chi connectivity index (χ1v) is 12.4. The fraction of sp³-hybridized carbons (Fsp3) is 0.391. The predicted octanol–water partition coefficient (Wildman–Crippen LogP) is 4.91. The minimum atomic E-state index is -4.15. The summed E-state index contributed by atoms with van der Waals surface area (Å²) >= 11 is 6.19. The molecule has 0 aromatic heterocycles. The van der Waals surface area contributed by atoms with E-state index >= 15 is 0 Å². The van der Waals surface area contributed by atoms with Crippen molar-refractivity contribution in [3.05, 3.63) is 52.0 Å². The highest BCUT2D eigenvalue weighted by Gasteiger charge is 2.54. The maximum atomic E-state index is 13.4. The van der Waals surface area contributed by atoms with E-state index in [4.69, 9.17) is 16.3 Å². The van der Waals surface area contributed by atoms with Crippen LogP contribution in [0.2, 0.25) is 5.02 Å². The average Bonchev–Trinajstić information content (AvgIpc) is 3.62. The molecule has 2 aromatic carbocycles. The molecule has 3 fully saturated rings. The highest BCUT2D eigenvalue weighted by Crippen LogP contribution is 2.61. The molecule has 7 nitrogen and oxygen atoms in total. The third-order valence-corrected chi connectivity index (χ3v) is 8.31. The lowest BCUT2D eigenvalue weighted by atomic mass is 9.79. The summed E-state index contributed by atoms with van der Waals surface area (Å²) in [6.45, 7) is 0. The number of rotatable bonds is 7. The second-order valence-electron chi connectivity index (χ2n) is 9.03. The minimum Gasteiger partial charge on any atom is -0.488 e. The van der Waals surface area contributed by atoms with E-state index in [-0.39, 0.29) is 44.5 Å². The van der Waals surface area contributed by atoms with Crippen molar-refractivity contribution >= 4 is 33.3 Å². The molecule has 5 rings (SSSR count). The molecule has 3 aliphatic rings. The maximum Gasteiger partial charge on any atom is 0.335 e. The highest BCUT2D eigenvalue weighted by molar-refractivity contribution is 7.92. The number of aromatic carboxylic acids is 1. The van der Waals surface area contributed by atoms with Gasteiger partial charge in [-0.3, -0.25) is 4.72 Å². The summed E-state index contributed by atoms with van der Waals surface area (Å²) in [5.74, 6) is -0.852. The fourth-order valence-electron chi connectivity index (χ4n) is 4.40. The standard InChI is InChI=1S/C23H21ClN2O5S/c24-18-9-20(31-16-10-23(11-16)5-6-23)19(7-15(18)12-25)26-32(29,30)21-8-14(22(27)28)3-4-17(21)13-1-2-13/h3-4,7-9,13,16,26H,1-2,5-6,10-11H2,(H,27,28). The van der Waals surface area contributed by atoms with Gasteiger partial charge in [-0.05, 0) is 73.6 Å². The molecule has 2 aromatic rings. The van der Waals surface area contributed by atoms with E-state index in [0.29, 0.717) is 11.0 Å². The summed E-state index contributed by atoms with van der Waals surface area (Å²) in [4.78, 5) is 11.4. The number of hydrogen-bond donors (Lipinski definition) is 2. The van der Waals surface area contributed by atoms with Gasteiger partial charge >= 0.3 is 5.97 Å². The average molecular weight is 473 g/mol. The zero-order valence-electron chi connectivity index (χ0n) is 17.1. The Morgan fingerprint density at radius 3 is 2.53 bits per heavy atom. The van der Waals surface area contributed by atoms with Crippen LogP contribution in [0, 0.1) is 16.7 Å². The van der Waals surface area contributed by atoms with Crippen LogP contribution in [-0.2, 0) is 10.0 Å². The van der Waals surface area contributed by atoms with Gasteiger partial charge in [0.15, 0.2) is 0 Å². The Labute approximate surface area is 191 Å². The molecule has 3 aliphatic carbocycles. The summed E-state index contributed by atoms with van der Waals surface area (Å²) in [6, 6.07) is 8.95. The zero-order chi connectivity index (χ0) is 22.7. The Morgan fingerprint density at radius 2 is 1.94 bits per heavy atom. The van der Waals surface area contributed by atoms with Gasteiger partial charge in [0, 0.05) is 6.07 Å². The molecule has 1 spiro atoms.